The van der Waals surface area contributed by atoms with E-state index in [0.717, 1.165) is 23.9 Å². The number of alkyl halides is 3. The van der Waals surface area contributed by atoms with Gasteiger partial charge in [0, 0.05) is 29.9 Å². The van der Waals surface area contributed by atoms with E-state index in [4.69, 9.17) is 9.84 Å². The van der Waals surface area contributed by atoms with Crippen molar-refractivity contribution in [3.63, 3.8) is 0 Å². The highest BCUT2D eigenvalue weighted by molar-refractivity contribution is 5.94. The molecule has 1 aliphatic heterocycles. The van der Waals surface area contributed by atoms with Crippen LogP contribution < -0.4 is 5.32 Å². The first-order chi connectivity index (χ1) is 14.0. The van der Waals surface area contributed by atoms with Crippen LogP contribution in [-0.4, -0.2) is 51.4 Å². The summed E-state index contributed by atoms with van der Waals surface area (Å²) in [5.74, 6) is 0.00772. The number of nitrogens with one attached hydrogen (secondary N) is 2. The van der Waals surface area contributed by atoms with Gasteiger partial charge < -0.3 is 20.1 Å². The van der Waals surface area contributed by atoms with E-state index < -0.39 is 11.7 Å². The molecule has 0 amide bonds. The van der Waals surface area contributed by atoms with E-state index in [1.807, 2.05) is 6.08 Å². The number of halogens is 3. The zero-order valence-electron chi connectivity index (χ0n) is 15.3. The molecule has 1 aliphatic rings. The molecular weight excluding hydrogens is 387 g/mol. The third-order valence-electron chi connectivity index (χ3n) is 4.58. The summed E-state index contributed by atoms with van der Waals surface area (Å²) in [7, 11) is 0. The number of hydrogen-bond acceptors (Lipinski definition) is 6. The van der Waals surface area contributed by atoms with Crippen molar-refractivity contribution in [1.82, 2.24) is 19.9 Å². The summed E-state index contributed by atoms with van der Waals surface area (Å²) in [4.78, 5) is 15.3. The highest BCUT2D eigenvalue weighted by Gasteiger charge is 2.36. The number of H-pyrrole nitrogens is 1. The number of aromatic nitrogens is 4. The Labute approximate surface area is 163 Å². The second kappa shape index (κ2) is 7.80. The summed E-state index contributed by atoms with van der Waals surface area (Å²) in [6.07, 6.45) is 0.278. The lowest BCUT2D eigenvalue weighted by Crippen LogP contribution is -2.13. The maximum absolute atomic E-state index is 13.5. The molecule has 0 aliphatic carbocycles. The zero-order chi connectivity index (χ0) is 20.4. The molecule has 4 heterocycles. The summed E-state index contributed by atoms with van der Waals surface area (Å²) in [5, 5.41) is 12.1. The van der Waals surface area contributed by atoms with Crippen LogP contribution in [0.3, 0.4) is 0 Å². The predicted molar refractivity (Wildman–Crippen MR) is 101 cm³/mol. The largest absolute Gasteiger partial charge is 0.419 e. The Morgan fingerprint density at radius 3 is 2.83 bits per heavy atom. The molecule has 0 saturated carbocycles. The van der Waals surface area contributed by atoms with Gasteiger partial charge in [0.2, 0.25) is 5.95 Å². The van der Waals surface area contributed by atoms with Crippen molar-refractivity contribution >= 4 is 22.6 Å². The summed E-state index contributed by atoms with van der Waals surface area (Å²) in [6.45, 7) is 1.06. The quantitative estimate of drug-likeness (QED) is 0.603. The Bertz CT molecular complexity index is 1060. The Kier molecular flexibility index (Phi) is 5.20. The number of anilines is 1. The van der Waals surface area contributed by atoms with Gasteiger partial charge in [-0.1, -0.05) is 6.08 Å². The monoisotopic (exact) mass is 405 g/mol. The fraction of sp³-hybridized carbons (Fsp3) is 0.316. The van der Waals surface area contributed by atoms with Gasteiger partial charge in [-0.3, -0.25) is 0 Å². The number of aliphatic hydroxyl groups excluding tert-OH is 1. The van der Waals surface area contributed by atoms with Crippen LogP contribution in [0.15, 0.2) is 30.6 Å². The Morgan fingerprint density at radius 1 is 1.24 bits per heavy atom. The molecule has 29 heavy (non-hydrogen) atoms. The van der Waals surface area contributed by atoms with Crippen LogP contribution in [0.2, 0.25) is 0 Å². The number of aliphatic hydroxyl groups is 1. The topological polar surface area (TPSA) is 96.0 Å². The summed E-state index contributed by atoms with van der Waals surface area (Å²) < 4.78 is 45.9. The maximum Gasteiger partial charge on any atom is 0.419 e. The molecule has 0 aromatic carbocycles. The molecule has 3 aromatic heterocycles. The van der Waals surface area contributed by atoms with E-state index >= 15 is 0 Å². The number of fused-ring (bicyclic) bond motifs is 1. The van der Waals surface area contributed by atoms with Crippen LogP contribution in [0.1, 0.15) is 17.7 Å². The molecule has 3 N–H and O–H groups in total. The first-order valence-electron chi connectivity index (χ1n) is 9.02. The van der Waals surface area contributed by atoms with Crippen molar-refractivity contribution in [2.45, 2.75) is 12.6 Å². The number of rotatable bonds is 5. The predicted octanol–water partition coefficient (Wildman–Crippen LogP) is 3.25. The number of aromatic amines is 1. The second-order valence-corrected chi connectivity index (χ2v) is 6.45. The van der Waals surface area contributed by atoms with Crippen LogP contribution in [-0.2, 0) is 10.9 Å². The van der Waals surface area contributed by atoms with Crippen LogP contribution in [0.4, 0.5) is 19.1 Å². The number of hydrogen-bond donors (Lipinski definition) is 3. The molecular formula is C19H18F3N5O2. The van der Waals surface area contributed by atoms with Crippen LogP contribution in [0.5, 0.6) is 0 Å². The standard InChI is InChI=1S/C19H18F3N5O2/c20-19(21,22)14-10-25-18(23-5-6-28)27-16(14)13-9-24-17-12(13)1-2-15(26-17)11-3-7-29-8-4-11/h1-3,9-10,28H,4-8H2,(H,24,26)(H,23,25,27). The van der Waals surface area contributed by atoms with Crippen molar-refractivity contribution in [2.24, 2.45) is 0 Å². The van der Waals surface area contributed by atoms with Gasteiger partial charge in [0.25, 0.3) is 0 Å². The molecule has 0 atom stereocenters. The van der Waals surface area contributed by atoms with E-state index in [2.05, 4.69) is 25.3 Å². The highest BCUT2D eigenvalue weighted by Crippen LogP contribution is 2.38. The number of pyridine rings is 1. The third-order valence-corrected chi connectivity index (χ3v) is 4.58. The van der Waals surface area contributed by atoms with Crippen molar-refractivity contribution in [1.29, 1.82) is 0 Å². The van der Waals surface area contributed by atoms with Crippen molar-refractivity contribution in [3.8, 4) is 11.3 Å². The van der Waals surface area contributed by atoms with Crippen LogP contribution >= 0.6 is 0 Å². The first kappa shape index (κ1) is 19.3. The fourth-order valence-corrected chi connectivity index (χ4v) is 3.19. The molecule has 0 spiro atoms. The lowest BCUT2D eigenvalue weighted by molar-refractivity contribution is -0.137. The molecule has 4 rings (SSSR count). The van der Waals surface area contributed by atoms with Crippen LogP contribution in [0, 0.1) is 0 Å². The molecule has 152 valence electrons. The lowest BCUT2D eigenvalue weighted by Gasteiger charge is -2.14. The SMILES string of the molecule is OCCNc1ncc(C(F)(F)F)c(-c2c[nH]c3nc(C4=CCOCC4)ccc23)n1. The van der Waals surface area contributed by atoms with Gasteiger partial charge >= 0.3 is 6.18 Å². The molecule has 0 saturated heterocycles. The normalized spacial score (nSPS) is 14.8. The van der Waals surface area contributed by atoms with Gasteiger partial charge in [0.05, 0.1) is 31.2 Å². The van der Waals surface area contributed by atoms with Gasteiger partial charge in [0.1, 0.15) is 11.2 Å². The molecule has 0 fully saturated rings. The summed E-state index contributed by atoms with van der Waals surface area (Å²) in [6, 6.07) is 3.53. The maximum atomic E-state index is 13.5. The third kappa shape index (κ3) is 3.94. The molecule has 0 radical (unpaired) electrons. The van der Waals surface area contributed by atoms with Crippen molar-refractivity contribution in [2.75, 3.05) is 31.7 Å². The van der Waals surface area contributed by atoms with E-state index in [9.17, 15) is 13.2 Å². The molecule has 0 unspecified atom stereocenters. The van der Waals surface area contributed by atoms with E-state index in [-0.39, 0.29) is 30.4 Å². The Hall–Kier alpha value is -2.98. The number of nitrogens with zero attached hydrogens (tertiary/aromatic N) is 3. The van der Waals surface area contributed by atoms with Crippen molar-refractivity contribution in [3.05, 3.63) is 41.9 Å². The molecule has 3 aromatic rings. The second-order valence-electron chi connectivity index (χ2n) is 6.45. The first-order valence-corrected chi connectivity index (χ1v) is 9.02. The molecule has 0 bridgehead atoms. The van der Waals surface area contributed by atoms with Gasteiger partial charge in [0.15, 0.2) is 0 Å². The van der Waals surface area contributed by atoms with E-state index in [0.29, 0.717) is 24.2 Å². The summed E-state index contributed by atoms with van der Waals surface area (Å²) in [5.41, 5.74) is 1.37. The Balaban J connectivity index is 1.80. The zero-order valence-corrected chi connectivity index (χ0v) is 15.3. The minimum Gasteiger partial charge on any atom is -0.395 e. The van der Waals surface area contributed by atoms with Gasteiger partial charge in [-0.15, -0.1) is 0 Å². The van der Waals surface area contributed by atoms with Crippen molar-refractivity contribution < 1.29 is 23.0 Å². The van der Waals surface area contributed by atoms with Gasteiger partial charge in [-0.05, 0) is 24.1 Å². The molecule has 7 nitrogen and oxygen atoms in total. The molecule has 10 heteroatoms. The number of ether oxygens (including phenoxy) is 1. The average molecular weight is 405 g/mol. The van der Waals surface area contributed by atoms with Gasteiger partial charge in [-0.25, -0.2) is 15.0 Å². The minimum absolute atomic E-state index is 0.00772. The van der Waals surface area contributed by atoms with Crippen LogP contribution in [0.25, 0.3) is 27.9 Å². The Morgan fingerprint density at radius 2 is 2.10 bits per heavy atom. The minimum atomic E-state index is -4.62. The lowest BCUT2D eigenvalue weighted by atomic mass is 10.0. The van der Waals surface area contributed by atoms with E-state index in [1.165, 1.54) is 6.20 Å². The van der Waals surface area contributed by atoms with Gasteiger partial charge in [-0.2, -0.15) is 13.2 Å². The average Bonchev–Trinajstić information content (AvgIpc) is 3.15. The smallest absolute Gasteiger partial charge is 0.395 e. The van der Waals surface area contributed by atoms with E-state index in [1.54, 1.807) is 12.1 Å². The summed E-state index contributed by atoms with van der Waals surface area (Å²) >= 11 is 0. The highest BCUT2D eigenvalue weighted by atomic mass is 19.4. The fourth-order valence-electron chi connectivity index (χ4n) is 3.19.